The molecule has 3 aromatic rings. The number of benzene rings is 2. The Morgan fingerprint density at radius 3 is 2.48 bits per heavy atom. The van der Waals surface area contributed by atoms with Gasteiger partial charge in [-0.15, -0.1) is 10.2 Å². The van der Waals surface area contributed by atoms with E-state index in [2.05, 4.69) is 30.1 Å². The largest absolute Gasteiger partial charge is 0.493 e. The van der Waals surface area contributed by atoms with Gasteiger partial charge in [0.25, 0.3) is 0 Å². The van der Waals surface area contributed by atoms with Crippen LogP contribution in [-0.4, -0.2) is 16.8 Å². The Balaban J connectivity index is 1.61. The molecular formula is C19H20N2O2. The number of ether oxygens (including phenoxy) is 1. The van der Waals surface area contributed by atoms with Gasteiger partial charge in [-0.3, -0.25) is 0 Å². The fourth-order valence-electron chi connectivity index (χ4n) is 2.39. The minimum Gasteiger partial charge on any atom is -0.493 e. The highest BCUT2D eigenvalue weighted by atomic mass is 16.5. The van der Waals surface area contributed by atoms with Crippen LogP contribution in [0.4, 0.5) is 0 Å². The van der Waals surface area contributed by atoms with Crippen LogP contribution in [0, 0.1) is 0 Å². The molecule has 0 unspecified atom stereocenters. The summed E-state index contributed by atoms with van der Waals surface area (Å²) < 4.78 is 11.6. The molecule has 0 amide bonds. The Hall–Kier alpha value is -2.62. The fraction of sp³-hybridized carbons (Fsp3) is 0.263. The fourth-order valence-corrected chi connectivity index (χ4v) is 2.39. The van der Waals surface area contributed by atoms with Crippen LogP contribution < -0.4 is 4.74 Å². The van der Waals surface area contributed by atoms with E-state index in [0.29, 0.717) is 30.7 Å². The zero-order valence-corrected chi connectivity index (χ0v) is 13.4. The number of rotatable bonds is 6. The zero-order valence-electron chi connectivity index (χ0n) is 13.4. The Labute approximate surface area is 136 Å². The third-order valence-electron chi connectivity index (χ3n) is 3.60. The first kappa shape index (κ1) is 15.3. The van der Waals surface area contributed by atoms with Crippen LogP contribution >= 0.6 is 0 Å². The van der Waals surface area contributed by atoms with E-state index in [1.807, 2.05) is 48.5 Å². The van der Waals surface area contributed by atoms with Gasteiger partial charge >= 0.3 is 0 Å². The number of aromatic nitrogens is 2. The van der Waals surface area contributed by atoms with Crippen LogP contribution in [0.5, 0.6) is 5.75 Å². The molecule has 0 bridgehead atoms. The predicted octanol–water partition coefficient (Wildman–Crippen LogP) is 4.48. The molecule has 4 heteroatoms. The van der Waals surface area contributed by atoms with E-state index in [9.17, 15) is 0 Å². The van der Waals surface area contributed by atoms with Gasteiger partial charge in [0.15, 0.2) is 0 Å². The van der Waals surface area contributed by atoms with Gasteiger partial charge in [0.1, 0.15) is 5.75 Å². The highest BCUT2D eigenvalue weighted by Crippen LogP contribution is 2.26. The van der Waals surface area contributed by atoms with Gasteiger partial charge < -0.3 is 9.15 Å². The van der Waals surface area contributed by atoms with Crippen LogP contribution in [0.3, 0.4) is 0 Å². The van der Waals surface area contributed by atoms with Crippen LogP contribution in [0.25, 0.3) is 11.5 Å². The molecule has 0 aliphatic rings. The molecule has 0 saturated heterocycles. The first-order valence-electron chi connectivity index (χ1n) is 7.83. The molecule has 0 aliphatic carbocycles. The maximum Gasteiger partial charge on any atom is 0.247 e. The third-order valence-corrected chi connectivity index (χ3v) is 3.60. The Morgan fingerprint density at radius 2 is 1.70 bits per heavy atom. The number of para-hydroxylation sites is 1. The molecule has 0 radical (unpaired) electrons. The summed E-state index contributed by atoms with van der Waals surface area (Å²) in [5.74, 6) is 2.48. The van der Waals surface area contributed by atoms with E-state index in [1.54, 1.807) is 0 Å². The first-order chi connectivity index (χ1) is 11.2. The van der Waals surface area contributed by atoms with Gasteiger partial charge in [0.2, 0.25) is 11.8 Å². The average molecular weight is 308 g/mol. The van der Waals surface area contributed by atoms with Gasteiger partial charge in [-0.25, -0.2) is 0 Å². The second-order valence-corrected chi connectivity index (χ2v) is 5.66. The minimum atomic E-state index is 0.430. The molecule has 0 saturated carbocycles. The monoisotopic (exact) mass is 308 g/mol. The molecule has 0 aliphatic heterocycles. The molecule has 0 N–H and O–H groups in total. The van der Waals surface area contributed by atoms with E-state index in [0.717, 1.165) is 11.3 Å². The summed E-state index contributed by atoms with van der Waals surface area (Å²) in [6.45, 7) is 4.83. The van der Waals surface area contributed by atoms with Crippen molar-refractivity contribution >= 4 is 0 Å². The second-order valence-electron chi connectivity index (χ2n) is 5.66. The SMILES string of the molecule is CC(C)c1ccccc1OCCc1nnc(-c2ccccc2)o1. The van der Waals surface area contributed by atoms with Crippen molar-refractivity contribution in [1.29, 1.82) is 0 Å². The summed E-state index contributed by atoms with van der Waals surface area (Å²) in [4.78, 5) is 0. The molecule has 1 heterocycles. The number of hydrogen-bond acceptors (Lipinski definition) is 4. The predicted molar refractivity (Wildman–Crippen MR) is 89.5 cm³/mol. The Morgan fingerprint density at radius 1 is 0.957 bits per heavy atom. The quantitative estimate of drug-likeness (QED) is 0.673. The summed E-state index contributed by atoms with van der Waals surface area (Å²) in [6, 6.07) is 17.9. The number of nitrogens with zero attached hydrogens (tertiary/aromatic N) is 2. The van der Waals surface area contributed by atoms with Crippen LogP contribution in [0.2, 0.25) is 0 Å². The maximum atomic E-state index is 5.89. The van der Waals surface area contributed by atoms with E-state index < -0.39 is 0 Å². The number of hydrogen-bond donors (Lipinski definition) is 0. The zero-order chi connectivity index (χ0) is 16.1. The van der Waals surface area contributed by atoms with Gasteiger partial charge in [0, 0.05) is 5.56 Å². The van der Waals surface area contributed by atoms with Gasteiger partial charge in [-0.1, -0.05) is 50.2 Å². The molecule has 0 fully saturated rings. The molecule has 4 nitrogen and oxygen atoms in total. The van der Waals surface area contributed by atoms with Crippen molar-refractivity contribution in [3.05, 3.63) is 66.1 Å². The van der Waals surface area contributed by atoms with Crippen molar-refractivity contribution in [1.82, 2.24) is 10.2 Å². The topological polar surface area (TPSA) is 48.2 Å². The third kappa shape index (κ3) is 3.77. The molecule has 0 spiro atoms. The van der Waals surface area contributed by atoms with Gasteiger partial charge in [0.05, 0.1) is 13.0 Å². The summed E-state index contributed by atoms with van der Waals surface area (Å²) in [5.41, 5.74) is 2.14. The van der Waals surface area contributed by atoms with Crippen molar-refractivity contribution in [3.63, 3.8) is 0 Å². The second kappa shape index (κ2) is 7.09. The van der Waals surface area contributed by atoms with Crippen LogP contribution in [0.15, 0.2) is 59.0 Å². The van der Waals surface area contributed by atoms with Crippen LogP contribution in [0.1, 0.15) is 31.2 Å². The first-order valence-corrected chi connectivity index (χ1v) is 7.83. The molecule has 118 valence electrons. The Bertz CT molecular complexity index is 751. The van der Waals surface area contributed by atoms with E-state index in [-0.39, 0.29) is 0 Å². The minimum absolute atomic E-state index is 0.430. The summed E-state index contributed by atoms with van der Waals surface area (Å²) in [7, 11) is 0. The van der Waals surface area contributed by atoms with Gasteiger partial charge in [-0.05, 0) is 29.7 Å². The van der Waals surface area contributed by atoms with Gasteiger partial charge in [-0.2, -0.15) is 0 Å². The van der Waals surface area contributed by atoms with Crippen LogP contribution in [-0.2, 0) is 6.42 Å². The lowest BCUT2D eigenvalue weighted by atomic mass is 10.0. The standard InChI is InChI=1S/C19H20N2O2/c1-14(2)16-10-6-7-11-17(16)22-13-12-18-20-21-19(23-18)15-8-4-3-5-9-15/h3-11,14H,12-13H2,1-2H3. The lowest BCUT2D eigenvalue weighted by Gasteiger charge is -2.13. The van der Waals surface area contributed by atoms with E-state index >= 15 is 0 Å². The Kier molecular flexibility index (Phi) is 4.71. The molecule has 1 aromatic heterocycles. The normalized spacial score (nSPS) is 10.9. The highest BCUT2D eigenvalue weighted by molar-refractivity contribution is 5.51. The van der Waals surface area contributed by atoms with Crippen molar-refractivity contribution in [2.45, 2.75) is 26.2 Å². The summed E-state index contributed by atoms with van der Waals surface area (Å²) in [6.07, 6.45) is 0.590. The smallest absolute Gasteiger partial charge is 0.247 e. The molecule has 2 aromatic carbocycles. The maximum absolute atomic E-state index is 5.89. The van der Waals surface area contributed by atoms with Crippen molar-refractivity contribution in [2.24, 2.45) is 0 Å². The lowest BCUT2D eigenvalue weighted by Crippen LogP contribution is -2.04. The van der Waals surface area contributed by atoms with E-state index in [1.165, 1.54) is 5.56 Å². The summed E-state index contributed by atoms with van der Waals surface area (Å²) >= 11 is 0. The highest BCUT2D eigenvalue weighted by Gasteiger charge is 2.10. The van der Waals surface area contributed by atoms with E-state index in [4.69, 9.17) is 9.15 Å². The lowest BCUT2D eigenvalue weighted by molar-refractivity contribution is 0.303. The average Bonchev–Trinajstić information content (AvgIpc) is 3.05. The van der Waals surface area contributed by atoms with Crippen molar-refractivity contribution in [2.75, 3.05) is 6.61 Å². The van der Waals surface area contributed by atoms with Crippen molar-refractivity contribution in [3.8, 4) is 17.2 Å². The molecule has 0 atom stereocenters. The molecule has 3 rings (SSSR count). The summed E-state index contributed by atoms with van der Waals surface area (Å²) in [5, 5.41) is 8.17. The van der Waals surface area contributed by atoms with Crippen molar-refractivity contribution < 1.29 is 9.15 Å². The molecule has 23 heavy (non-hydrogen) atoms. The molecular weight excluding hydrogens is 288 g/mol.